The zero-order chi connectivity index (χ0) is 17.2. The molecule has 0 saturated heterocycles. The van der Waals surface area contributed by atoms with Gasteiger partial charge in [-0.15, -0.1) is 0 Å². The van der Waals surface area contributed by atoms with E-state index < -0.39 is 11.9 Å². The molecule has 0 aliphatic carbocycles. The molecule has 0 radical (unpaired) electrons. The molecule has 0 fully saturated rings. The molecule has 2 N–H and O–H groups in total. The summed E-state index contributed by atoms with van der Waals surface area (Å²) in [6.07, 6.45) is 3.19. The summed E-state index contributed by atoms with van der Waals surface area (Å²) < 4.78 is 5.25. The van der Waals surface area contributed by atoms with Crippen molar-refractivity contribution in [1.29, 1.82) is 0 Å². The van der Waals surface area contributed by atoms with Gasteiger partial charge in [0.05, 0.1) is 13.0 Å². The van der Waals surface area contributed by atoms with Crippen LogP contribution in [0.15, 0.2) is 24.3 Å². The molecular formula is C18H27NO4. The third-order valence-electron chi connectivity index (χ3n) is 3.97. The number of carboxylic acid groups (broad SMARTS) is 1. The van der Waals surface area contributed by atoms with E-state index in [-0.39, 0.29) is 18.4 Å². The average Bonchev–Trinajstić information content (AvgIpc) is 2.55. The van der Waals surface area contributed by atoms with Crippen LogP contribution in [0.2, 0.25) is 0 Å². The van der Waals surface area contributed by atoms with Crippen LogP contribution in [0.25, 0.3) is 0 Å². The maximum absolute atomic E-state index is 12.0. The third kappa shape index (κ3) is 6.30. The molecule has 1 aromatic rings. The molecule has 0 aromatic heterocycles. The Morgan fingerprint density at radius 3 is 2.61 bits per heavy atom. The summed E-state index contributed by atoms with van der Waals surface area (Å²) in [5.74, 6) is -1.09. The second-order valence-electron chi connectivity index (χ2n) is 5.84. The molecule has 2 unspecified atom stereocenters. The Kier molecular flexibility index (Phi) is 8.16. The zero-order valence-corrected chi connectivity index (χ0v) is 14.2. The van der Waals surface area contributed by atoms with Gasteiger partial charge in [-0.05, 0) is 24.5 Å². The first-order valence-corrected chi connectivity index (χ1v) is 8.12. The number of para-hydroxylation sites is 1. The van der Waals surface area contributed by atoms with E-state index >= 15 is 0 Å². The van der Waals surface area contributed by atoms with Crippen LogP contribution in [0.4, 0.5) is 0 Å². The van der Waals surface area contributed by atoms with Gasteiger partial charge < -0.3 is 15.2 Å². The molecule has 23 heavy (non-hydrogen) atoms. The normalized spacial score (nSPS) is 13.2. The van der Waals surface area contributed by atoms with E-state index in [4.69, 9.17) is 4.74 Å². The van der Waals surface area contributed by atoms with Gasteiger partial charge in [0.15, 0.2) is 0 Å². The Bertz CT molecular complexity index is 515. The van der Waals surface area contributed by atoms with Gasteiger partial charge in [-0.1, -0.05) is 44.9 Å². The summed E-state index contributed by atoms with van der Waals surface area (Å²) in [5, 5.41) is 12.2. The lowest BCUT2D eigenvalue weighted by atomic mass is 9.98. The minimum absolute atomic E-state index is 0.0790. The highest BCUT2D eigenvalue weighted by Crippen LogP contribution is 2.21. The predicted octanol–water partition coefficient (Wildman–Crippen LogP) is 2.88. The average molecular weight is 321 g/mol. The molecule has 1 aromatic carbocycles. The quantitative estimate of drug-likeness (QED) is 0.695. The van der Waals surface area contributed by atoms with Gasteiger partial charge in [-0.2, -0.15) is 0 Å². The first-order chi connectivity index (χ1) is 11.0. The first-order valence-electron chi connectivity index (χ1n) is 8.12. The molecule has 0 saturated carbocycles. The Morgan fingerprint density at radius 2 is 2.00 bits per heavy atom. The standard InChI is InChI=1S/C18H27NO4/c1-4-5-8-13(2)17(20)19-12-15(18(21)22)11-14-9-6-7-10-16(14)23-3/h6-7,9-10,13,15H,4-5,8,11-12H2,1-3H3,(H,19,20)(H,21,22). The smallest absolute Gasteiger partial charge is 0.308 e. The highest BCUT2D eigenvalue weighted by atomic mass is 16.5. The van der Waals surface area contributed by atoms with Gasteiger partial charge >= 0.3 is 5.97 Å². The summed E-state index contributed by atoms with van der Waals surface area (Å²) in [4.78, 5) is 23.5. The minimum atomic E-state index is -0.919. The van der Waals surface area contributed by atoms with E-state index in [2.05, 4.69) is 12.2 Å². The van der Waals surface area contributed by atoms with E-state index in [1.165, 1.54) is 0 Å². The van der Waals surface area contributed by atoms with Crippen LogP contribution >= 0.6 is 0 Å². The number of carbonyl (C=O) groups excluding carboxylic acids is 1. The van der Waals surface area contributed by atoms with Crippen LogP contribution < -0.4 is 10.1 Å². The fourth-order valence-electron chi connectivity index (χ4n) is 2.42. The van der Waals surface area contributed by atoms with E-state index in [1.54, 1.807) is 13.2 Å². The van der Waals surface area contributed by atoms with Crippen molar-refractivity contribution in [2.45, 2.75) is 39.5 Å². The SMILES string of the molecule is CCCCC(C)C(=O)NCC(Cc1ccccc1OC)C(=O)O. The van der Waals surface area contributed by atoms with E-state index in [0.717, 1.165) is 24.8 Å². The Labute approximate surface area is 138 Å². The molecule has 0 aliphatic heterocycles. The Hall–Kier alpha value is -2.04. The Morgan fingerprint density at radius 1 is 1.30 bits per heavy atom. The third-order valence-corrected chi connectivity index (χ3v) is 3.97. The van der Waals surface area contributed by atoms with Crippen LogP contribution in [-0.4, -0.2) is 30.6 Å². The number of nitrogens with one attached hydrogen (secondary N) is 1. The van der Waals surface area contributed by atoms with E-state index in [1.807, 2.05) is 25.1 Å². The summed E-state index contributed by atoms with van der Waals surface area (Å²) in [6, 6.07) is 7.34. The van der Waals surface area contributed by atoms with Crippen molar-refractivity contribution in [1.82, 2.24) is 5.32 Å². The number of unbranched alkanes of at least 4 members (excludes halogenated alkanes) is 1. The predicted molar refractivity (Wildman–Crippen MR) is 89.5 cm³/mol. The number of hydrogen-bond acceptors (Lipinski definition) is 3. The number of rotatable bonds is 10. The molecule has 0 aliphatic rings. The van der Waals surface area contributed by atoms with Gasteiger partial charge in [0.2, 0.25) is 5.91 Å². The van der Waals surface area contributed by atoms with Crippen LogP contribution in [0.1, 0.15) is 38.7 Å². The monoisotopic (exact) mass is 321 g/mol. The van der Waals surface area contributed by atoms with Crippen LogP contribution in [0.3, 0.4) is 0 Å². The van der Waals surface area contributed by atoms with Crippen molar-refractivity contribution in [3.8, 4) is 5.75 Å². The largest absolute Gasteiger partial charge is 0.496 e. The first kappa shape index (κ1) is 19.0. The second-order valence-corrected chi connectivity index (χ2v) is 5.84. The highest BCUT2D eigenvalue weighted by molar-refractivity contribution is 5.79. The lowest BCUT2D eigenvalue weighted by Crippen LogP contribution is -2.36. The van der Waals surface area contributed by atoms with Crippen LogP contribution in [-0.2, 0) is 16.0 Å². The molecule has 5 nitrogen and oxygen atoms in total. The van der Waals surface area contributed by atoms with Crippen LogP contribution in [0, 0.1) is 11.8 Å². The van der Waals surface area contributed by atoms with Gasteiger partial charge in [-0.3, -0.25) is 9.59 Å². The van der Waals surface area contributed by atoms with Gasteiger partial charge in [0.1, 0.15) is 5.75 Å². The molecule has 128 valence electrons. The van der Waals surface area contributed by atoms with Crippen molar-refractivity contribution in [3.05, 3.63) is 29.8 Å². The number of ether oxygens (including phenoxy) is 1. The van der Waals surface area contributed by atoms with Gasteiger partial charge in [0, 0.05) is 12.5 Å². The molecule has 0 spiro atoms. The lowest BCUT2D eigenvalue weighted by molar-refractivity contribution is -0.141. The number of benzene rings is 1. The number of carboxylic acids is 1. The highest BCUT2D eigenvalue weighted by Gasteiger charge is 2.22. The number of amides is 1. The van der Waals surface area contributed by atoms with Gasteiger partial charge in [-0.25, -0.2) is 0 Å². The Balaban J connectivity index is 2.62. The lowest BCUT2D eigenvalue weighted by Gasteiger charge is -2.17. The fraction of sp³-hybridized carbons (Fsp3) is 0.556. The number of aliphatic carboxylic acids is 1. The molecule has 1 rings (SSSR count). The summed E-state index contributed by atoms with van der Waals surface area (Å²) in [6.45, 7) is 4.09. The molecule has 1 amide bonds. The van der Waals surface area contributed by atoms with E-state index in [0.29, 0.717) is 12.2 Å². The van der Waals surface area contributed by atoms with Crippen molar-refractivity contribution in [2.75, 3.05) is 13.7 Å². The van der Waals surface area contributed by atoms with E-state index in [9.17, 15) is 14.7 Å². The maximum atomic E-state index is 12.0. The molecule has 0 heterocycles. The van der Waals surface area contributed by atoms with Crippen molar-refractivity contribution in [2.24, 2.45) is 11.8 Å². The summed E-state index contributed by atoms with van der Waals surface area (Å²) in [5.41, 5.74) is 0.829. The molecule has 5 heteroatoms. The minimum Gasteiger partial charge on any atom is -0.496 e. The number of methoxy groups -OCH3 is 1. The van der Waals surface area contributed by atoms with Crippen molar-refractivity contribution < 1.29 is 19.4 Å². The second kappa shape index (κ2) is 9.87. The molecule has 0 bridgehead atoms. The fourth-order valence-corrected chi connectivity index (χ4v) is 2.42. The summed E-state index contributed by atoms with van der Waals surface area (Å²) >= 11 is 0. The number of hydrogen-bond donors (Lipinski definition) is 2. The van der Waals surface area contributed by atoms with Crippen molar-refractivity contribution >= 4 is 11.9 Å². The number of carbonyl (C=O) groups is 2. The van der Waals surface area contributed by atoms with Crippen LogP contribution in [0.5, 0.6) is 5.75 Å². The zero-order valence-electron chi connectivity index (χ0n) is 14.2. The maximum Gasteiger partial charge on any atom is 0.308 e. The molecular weight excluding hydrogens is 294 g/mol. The van der Waals surface area contributed by atoms with Gasteiger partial charge in [0.25, 0.3) is 0 Å². The van der Waals surface area contributed by atoms with Crippen molar-refractivity contribution in [3.63, 3.8) is 0 Å². The topological polar surface area (TPSA) is 75.6 Å². The summed E-state index contributed by atoms with van der Waals surface area (Å²) in [7, 11) is 1.56. The molecule has 2 atom stereocenters.